The molecule has 0 radical (unpaired) electrons. The molecular weight excluding hydrogens is 238 g/mol. The molecule has 1 N–H and O–H groups in total. The van der Waals surface area contributed by atoms with Crippen molar-refractivity contribution in [2.75, 3.05) is 25.1 Å². The number of aromatic nitrogens is 2. The lowest BCUT2D eigenvalue weighted by molar-refractivity contribution is 0.225. The van der Waals surface area contributed by atoms with Gasteiger partial charge in [-0.25, -0.2) is 0 Å². The van der Waals surface area contributed by atoms with Gasteiger partial charge >= 0.3 is 0 Å². The van der Waals surface area contributed by atoms with Crippen molar-refractivity contribution in [1.82, 2.24) is 9.78 Å². The van der Waals surface area contributed by atoms with Crippen molar-refractivity contribution in [2.45, 2.75) is 6.42 Å². The van der Waals surface area contributed by atoms with Crippen LogP contribution in [-0.4, -0.2) is 35.1 Å². The van der Waals surface area contributed by atoms with Crippen LogP contribution in [0.3, 0.4) is 0 Å². The first-order valence-corrected chi connectivity index (χ1v) is 6.61. The summed E-state index contributed by atoms with van der Waals surface area (Å²) in [5.74, 6) is 0.335. The summed E-state index contributed by atoms with van der Waals surface area (Å²) in [7, 11) is 4.02. The average Bonchev–Trinajstić information content (AvgIpc) is 2.84. The minimum atomic E-state index is 0.251. The molecule has 0 amide bonds. The van der Waals surface area contributed by atoms with Crippen molar-refractivity contribution in [3.8, 4) is 11.1 Å². The predicted molar refractivity (Wildman–Crippen MR) is 76.2 cm³/mol. The zero-order valence-electron chi connectivity index (χ0n) is 11.4. The summed E-state index contributed by atoms with van der Waals surface area (Å²) in [5.41, 5.74) is 4.92. The van der Waals surface area contributed by atoms with Gasteiger partial charge in [-0.2, -0.15) is 5.10 Å². The Kier molecular flexibility index (Phi) is 3.03. The Morgan fingerprint density at radius 1 is 1.32 bits per heavy atom. The second kappa shape index (κ2) is 4.70. The topological polar surface area (TPSA) is 41.3 Å². The third-order valence-corrected chi connectivity index (χ3v) is 3.83. The van der Waals surface area contributed by atoms with Crippen molar-refractivity contribution in [3.63, 3.8) is 0 Å². The third kappa shape index (κ3) is 2.24. The molecule has 1 aliphatic rings. The molecule has 0 saturated heterocycles. The first kappa shape index (κ1) is 12.2. The fourth-order valence-electron chi connectivity index (χ4n) is 2.85. The fraction of sp³-hybridized carbons (Fsp3) is 0.400. The maximum Gasteiger partial charge on any atom is 0.0568 e. The lowest BCUT2D eigenvalue weighted by Gasteiger charge is -2.32. The summed E-state index contributed by atoms with van der Waals surface area (Å²) in [5, 5.41) is 13.6. The van der Waals surface area contributed by atoms with Crippen LogP contribution in [0.4, 0.5) is 5.69 Å². The summed E-state index contributed by atoms with van der Waals surface area (Å²) in [4.78, 5) is 2.23. The van der Waals surface area contributed by atoms with Crippen molar-refractivity contribution in [1.29, 1.82) is 0 Å². The zero-order chi connectivity index (χ0) is 13.4. The van der Waals surface area contributed by atoms with Crippen LogP contribution in [0.2, 0.25) is 0 Å². The van der Waals surface area contributed by atoms with Gasteiger partial charge in [-0.05, 0) is 29.7 Å². The maximum absolute atomic E-state index is 9.38. The summed E-state index contributed by atoms with van der Waals surface area (Å²) >= 11 is 0. The quantitative estimate of drug-likeness (QED) is 0.890. The van der Waals surface area contributed by atoms with Crippen LogP contribution in [0.15, 0.2) is 30.6 Å². The molecule has 0 fully saturated rings. The summed E-state index contributed by atoms with van der Waals surface area (Å²) in [6.45, 7) is 1.18. The molecule has 0 unspecified atom stereocenters. The van der Waals surface area contributed by atoms with E-state index in [4.69, 9.17) is 0 Å². The van der Waals surface area contributed by atoms with Crippen molar-refractivity contribution in [3.05, 3.63) is 36.2 Å². The highest BCUT2D eigenvalue weighted by molar-refractivity contribution is 5.68. The van der Waals surface area contributed by atoms with Crippen molar-refractivity contribution >= 4 is 5.69 Å². The Labute approximate surface area is 113 Å². The van der Waals surface area contributed by atoms with Crippen LogP contribution in [0, 0.1) is 5.92 Å². The van der Waals surface area contributed by atoms with E-state index in [1.54, 1.807) is 0 Å². The SMILES string of the molecule is CN1C[C@H](CO)Cc2cc(-c3cnn(C)c3)ccc21. The molecule has 1 aliphatic heterocycles. The number of anilines is 1. The first-order valence-electron chi connectivity index (χ1n) is 6.61. The largest absolute Gasteiger partial charge is 0.396 e. The normalized spacial score (nSPS) is 18.5. The molecule has 19 heavy (non-hydrogen) atoms. The van der Waals surface area contributed by atoms with E-state index in [2.05, 4.69) is 35.2 Å². The van der Waals surface area contributed by atoms with Gasteiger partial charge in [0.25, 0.3) is 0 Å². The molecule has 4 heteroatoms. The number of hydrogen-bond acceptors (Lipinski definition) is 3. The van der Waals surface area contributed by atoms with Crippen LogP contribution < -0.4 is 4.90 Å². The summed E-state index contributed by atoms with van der Waals surface area (Å²) in [6.07, 6.45) is 4.86. The molecule has 0 bridgehead atoms. The molecule has 100 valence electrons. The zero-order valence-corrected chi connectivity index (χ0v) is 11.4. The Balaban J connectivity index is 1.99. The van der Waals surface area contributed by atoms with E-state index < -0.39 is 0 Å². The summed E-state index contributed by atoms with van der Waals surface area (Å²) < 4.78 is 1.82. The van der Waals surface area contributed by atoms with E-state index in [9.17, 15) is 5.11 Å². The molecule has 0 spiro atoms. The van der Waals surface area contributed by atoms with E-state index in [0.29, 0.717) is 5.92 Å². The molecule has 4 nitrogen and oxygen atoms in total. The van der Waals surface area contributed by atoms with E-state index in [-0.39, 0.29) is 6.61 Å². The minimum absolute atomic E-state index is 0.251. The molecule has 2 heterocycles. The second-order valence-electron chi connectivity index (χ2n) is 5.38. The molecular formula is C15H19N3O. The van der Waals surface area contributed by atoms with Crippen LogP contribution in [-0.2, 0) is 13.5 Å². The van der Waals surface area contributed by atoms with Gasteiger partial charge in [-0.15, -0.1) is 0 Å². The number of aliphatic hydroxyl groups excluding tert-OH is 1. The highest BCUT2D eigenvalue weighted by Gasteiger charge is 2.22. The first-order chi connectivity index (χ1) is 9.17. The average molecular weight is 257 g/mol. The van der Waals surface area contributed by atoms with Gasteiger partial charge in [0.15, 0.2) is 0 Å². The monoisotopic (exact) mass is 257 g/mol. The van der Waals surface area contributed by atoms with E-state index in [1.807, 2.05) is 24.1 Å². The molecule has 2 aromatic rings. The van der Waals surface area contributed by atoms with E-state index in [1.165, 1.54) is 16.8 Å². The minimum Gasteiger partial charge on any atom is -0.396 e. The molecule has 1 aromatic carbocycles. The van der Waals surface area contributed by atoms with Crippen LogP contribution >= 0.6 is 0 Å². The Bertz CT molecular complexity index is 591. The number of aryl methyl sites for hydroxylation is 1. The molecule has 0 saturated carbocycles. The lowest BCUT2D eigenvalue weighted by Crippen LogP contribution is -2.33. The van der Waals surface area contributed by atoms with Gasteiger partial charge in [0, 0.05) is 50.6 Å². The van der Waals surface area contributed by atoms with Gasteiger partial charge in [0.05, 0.1) is 6.20 Å². The number of rotatable bonds is 2. The van der Waals surface area contributed by atoms with Crippen LogP contribution in [0.1, 0.15) is 5.56 Å². The van der Waals surface area contributed by atoms with Gasteiger partial charge in [-0.3, -0.25) is 4.68 Å². The maximum atomic E-state index is 9.38. The number of nitrogens with zero attached hydrogens (tertiary/aromatic N) is 3. The third-order valence-electron chi connectivity index (χ3n) is 3.83. The van der Waals surface area contributed by atoms with Gasteiger partial charge in [-0.1, -0.05) is 6.07 Å². The Hall–Kier alpha value is -1.81. The smallest absolute Gasteiger partial charge is 0.0568 e. The van der Waals surface area contributed by atoms with Crippen molar-refractivity contribution < 1.29 is 5.11 Å². The highest BCUT2D eigenvalue weighted by Crippen LogP contribution is 2.32. The van der Waals surface area contributed by atoms with Crippen molar-refractivity contribution in [2.24, 2.45) is 13.0 Å². The molecule has 3 rings (SSSR count). The lowest BCUT2D eigenvalue weighted by atomic mass is 9.91. The second-order valence-corrected chi connectivity index (χ2v) is 5.38. The number of aliphatic hydroxyl groups is 1. The highest BCUT2D eigenvalue weighted by atomic mass is 16.3. The summed E-state index contributed by atoms with van der Waals surface area (Å²) in [6, 6.07) is 6.54. The Morgan fingerprint density at radius 2 is 2.16 bits per heavy atom. The van der Waals surface area contributed by atoms with Gasteiger partial charge < -0.3 is 10.0 Å². The van der Waals surface area contributed by atoms with Gasteiger partial charge in [0.2, 0.25) is 0 Å². The Morgan fingerprint density at radius 3 is 2.84 bits per heavy atom. The molecule has 0 aliphatic carbocycles. The van der Waals surface area contributed by atoms with E-state index in [0.717, 1.165) is 18.5 Å². The number of hydrogen-bond donors (Lipinski definition) is 1. The molecule has 1 atom stereocenters. The number of fused-ring (bicyclic) bond motifs is 1. The standard InChI is InChI=1S/C15H19N3O/c1-17-8-11(10-19)5-13-6-12(3-4-15(13)17)14-7-16-18(2)9-14/h3-4,6-7,9,11,19H,5,8,10H2,1-2H3/t11-/m1/s1. The van der Waals surface area contributed by atoms with Crippen LogP contribution in [0.5, 0.6) is 0 Å². The molecule has 1 aromatic heterocycles. The fourth-order valence-corrected chi connectivity index (χ4v) is 2.85. The van der Waals surface area contributed by atoms with Crippen LogP contribution in [0.25, 0.3) is 11.1 Å². The van der Waals surface area contributed by atoms with E-state index >= 15 is 0 Å². The predicted octanol–water partition coefficient (Wildman–Crippen LogP) is 1.69. The van der Waals surface area contributed by atoms with Gasteiger partial charge in [0.1, 0.15) is 0 Å². The number of benzene rings is 1.